The van der Waals surface area contributed by atoms with Crippen LogP contribution in [0.5, 0.6) is 0 Å². The maximum Gasteiger partial charge on any atom is 0.328 e. The van der Waals surface area contributed by atoms with E-state index in [1.165, 1.54) is 0 Å². The molecule has 7 nitrogen and oxygen atoms in total. The van der Waals surface area contributed by atoms with Crippen molar-refractivity contribution in [3.63, 3.8) is 0 Å². The second-order valence-corrected chi connectivity index (χ2v) is 8.92. The number of urea groups is 1. The van der Waals surface area contributed by atoms with E-state index < -0.39 is 29.3 Å². The molecule has 0 aliphatic carbocycles. The number of amides is 4. The number of morpholine rings is 1. The van der Waals surface area contributed by atoms with Gasteiger partial charge in [0.15, 0.2) is 5.41 Å². The maximum absolute atomic E-state index is 13.1. The molecule has 2 saturated heterocycles. The number of hydrogen-bond donors (Lipinski definition) is 2. The lowest BCUT2D eigenvalue weighted by atomic mass is 9.66. The van der Waals surface area contributed by atoms with E-state index in [0.29, 0.717) is 11.6 Å². The van der Waals surface area contributed by atoms with Crippen LogP contribution in [0.2, 0.25) is 5.02 Å². The summed E-state index contributed by atoms with van der Waals surface area (Å²) in [5.41, 5.74) is 2.46. The fourth-order valence-electron chi connectivity index (χ4n) is 5.24. The molecular formula is C23H22ClN3O4. The number of carbonyl (C=O) groups excluding carboxylic acids is 3. The monoisotopic (exact) mass is 439 g/mol. The number of carbonyl (C=O) groups is 3. The lowest BCUT2D eigenvalue weighted by Gasteiger charge is -2.55. The van der Waals surface area contributed by atoms with Gasteiger partial charge in [0.25, 0.3) is 0 Å². The Morgan fingerprint density at radius 3 is 2.32 bits per heavy atom. The molecule has 3 aliphatic rings. The Morgan fingerprint density at radius 2 is 1.65 bits per heavy atom. The number of nitrogens with zero attached hydrogens (tertiary/aromatic N) is 1. The number of ether oxygens (including phenoxy) is 1. The third-order valence-electron chi connectivity index (χ3n) is 6.49. The van der Waals surface area contributed by atoms with Crippen molar-refractivity contribution < 1.29 is 19.1 Å². The fraction of sp³-hybridized carbons (Fsp3) is 0.348. The van der Waals surface area contributed by atoms with Gasteiger partial charge in [-0.25, -0.2) is 4.79 Å². The van der Waals surface area contributed by atoms with Crippen molar-refractivity contribution in [1.29, 1.82) is 0 Å². The number of nitrogens with one attached hydrogen (secondary N) is 2. The predicted molar refractivity (Wildman–Crippen MR) is 116 cm³/mol. The zero-order valence-corrected chi connectivity index (χ0v) is 17.9. The molecule has 0 saturated carbocycles. The number of fused-ring (bicyclic) bond motifs is 4. The van der Waals surface area contributed by atoms with Crippen molar-refractivity contribution in [2.75, 3.05) is 11.4 Å². The molecule has 2 fully saturated rings. The minimum Gasteiger partial charge on any atom is -0.372 e. The van der Waals surface area contributed by atoms with Crippen molar-refractivity contribution in [1.82, 2.24) is 10.6 Å². The number of hydrogen-bond acceptors (Lipinski definition) is 5. The summed E-state index contributed by atoms with van der Waals surface area (Å²) in [7, 11) is 0. The van der Waals surface area contributed by atoms with E-state index in [1.54, 1.807) is 0 Å². The molecule has 2 N–H and O–H groups in total. The molecule has 3 atom stereocenters. The first-order valence-corrected chi connectivity index (χ1v) is 10.7. The summed E-state index contributed by atoms with van der Waals surface area (Å²) in [5.74, 6) is -1.15. The predicted octanol–water partition coefficient (Wildman–Crippen LogP) is 2.90. The van der Waals surface area contributed by atoms with Crippen LogP contribution >= 0.6 is 11.6 Å². The van der Waals surface area contributed by atoms with Crippen LogP contribution in [0.1, 0.15) is 19.4 Å². The van der Waals surface area contributed by atoms with Crippen LogP contribution < -0.4 is 15.5 Å². The smallest absolute Gasteiger partial charge is 0.328 e. The Labute approximate surface area is 184 Å². The van der Waals surface area contributed by atoms with Crippen LogP contribution in [0.4, 0.5) is 10.5 Å². The van der Waals surface area contributed by atoms with Crippen molar-refractivity contribution in [2.45, 2.75) is 38.5 Å². The van der Waals surface area contributed by atoms with Crippen molar-refractivity contribution in [3.8, 4) is 11.1 Å². The minimum absolute atomic E-state index is 0.0789. The molecule has 1 spiro atoms. The van der Waals surface area contributed by atoms with Gasteiger partial charge < -0.3 is 9.64 Å². The van der Waals surface area contributed by atoms with Gasteiger partial charge >= 0.3 is 6.03 Å². The van der Waals surface area contributed by atoms with E-state index >= 15 is 0 Å². The average Bonchev–Trinajstić information content (AvgIpc) is 2.72. The standard InChI is InChI=1S/C23H22ClN3O4/c1-12-11-27-18-9-15(14-5-7-17(24)8-6-14)3-4-16(18)10-23(19(27)13(2)31-12)20(28)25-22(30)26-21(23)29/h3-9,12-13,19H,10-11H2,1-2H3,(H2,25,26,28,29,30). The van der Waals surface area contributed by atoms with Gasteiger partial charge in [0.05, 0.1) is 18.2 Å². The van der Waals surface area contributed by atoms with Crippen molar-refractivity contribution >= 4 is 35.1 Å². The highest BCUT2D eigenvalue weighted by Crippen LogP contribution is 2.47. The third kappa shape index (κ3) is 3.03. The first-order chi connectivity index (χ1) is 14.8. The van der Waals surface area contributed by atoms with Crippen LogP contribution in [-0.2, 0) is 20.7 Å². The van der Waals surface area contributed by atoms with Gasteiger partial charge in [-0.15, -0.1) is 0 Å². The number of anilines is 1. The molecule has 5 rings (SSSR count). The van der Waals surface area contributed by atoms with Gasteiger partial charge in [0.1, 0.15) is 0 Å². The van der Waals surface area contributed by atoms with E-state index in [0.717, 1.165) is 22.4 Å². The molecule has 3 aliphatic heterocycles. The van der Waals surface area contributed by atoms with Crippen LogP contribution in [0.3, 0.4) is 0 Å². The van der Waals surface area contributed by atoms with Gasteiger partial charge in [0, 0.05) is 17.3 Å². The van der Waals surface area contributed by atoms with Crippen molar-refractivity contribution in [3.05, 3.63) is 53.1 Å². The Bertz CT molecular complexity index is 1080. The number of benzene rings is 2. The molecular weight excluding hydrogens is 418 g/mol. The second-order valence-electron chi connectivity index (χ2n) is 8.48. The number of barbiturate groups is 1. The van der Waals surface area contributed by atoms with Crippen molar-refractivity contribution in [2.24, 2.45) is 5.41 Å². The quantitative estimate of drug-likeness (QED) is 0.667. The number of rotatable bonds is 1. The van der Waals surface area contributed by atoms with E-state index in [-0.39, 0.29) is 18.6 Å². The van der Waals surface area contributed by atoms with Crippen LogP contribution in [0.25, 0.3) is 11.1 Å². The van der Waals surface area contributed by atoms with E-state index in [9.17, 15) is 14.4 Å². The highest BCUT2D eigenvalue weighted by atomic mass is 35.5. The Morgan fingerprint density at radius 1 is 1.00 bits per heavy atom. The van der Waals surface area contributed by atoms with E-state index in [1.807, 2.05) is 50.2 Å². The average molecular weight is 440 g/mol. The van der Waals surface area contributed by atoms with Gasteiger partial charge in [-0.3, -0.25) is 20.2 Å². The zero-order valence-electron chi connectivity index (χ0n) is 17.1. The largest absolute Gasteiger partial charge is 0.372 e. The molecule has 31 heavy (non-hydrogen) atoms. The summed E-state index contributed by atoms with van der Waals surface area (Å²) < 4.78 is 6.05. The van der Waals surface area contributed by atoms with Crippen LogP contribution in [-0.4, -0.2) is 42.6 Å². The van der Waals surface area contributed by atoms with Gasteiger partial charge in [-0.2, -0.15) is 0 Å². The minimum atomic E-state index is -1.44. The lowest BCUT2D eigenvalue weighted by molar-refractivity contribution is -0.153. The summed E-state index contributed by atoms with van der Waals surface area (Å²) in [4.78, 5) is 40.1. The molecule has 3 heterocycles. The third-order valence-corrected chi connectivity index (χ3v) is 6.74. The highest BCUT2D eigenvalue weighted by Gasteiger charge is 2.62. The van der Waals surface area contributed by atoms with E-state index in [2.05, 4.69) is 21.6 Å². The topological polar surface area (TPSA) is 87.7 Å². The molecule has 2 aromatic rings. The van der Waals surface area contributed by atoms with Gasteiger partial charge in [0.2, 0.25) is 11.8 Å². The summed E-state index contributed by atoms with van der Waals surface area (Å²) >= 11 is 6.04. The summed E-state index contributed by atoms with van der Waals surface area (Å²) in [5, 5.41) is 5.28. The van der Waals surface area contributed by atoms with Crippen LogP contribution in [0, 0.1) is 5.41 Å². The molecule has 2 aromatic carbocycles. The van der Waals surface area contributed by atoms with E-state index in [4.69, 9.17) is 16.3 Å². The molecule has 8 heteroatoms. The molecule has 0 radical (unpaired) electrons. The first-order valence-electron chi connectivity index (χ1n) is 10.3. The van der Waals surface area contributed by atoms with Gasteiger partial charge in [-0.1, -0.05) is 35.9 Å². The zero-order chi connectivity index (χ0) is 21.9. The maximum atomic E-state index is 13.1. The Hall–Kier alpha value is -2.90. The Kier molecular flexibility index (Phi) is 4.57. The van der Waals surface area contributed by atoms with Crippen LogP contribution in [0.15, 0.2) is 42.5 Å². The molecule has 4 amide bonds. The molecule has 0 aromatic heterocycles. The molecule has 3 unspecified atom stereocenters. The first kappa shape index (κ1) is 20.0. The summed E-state index contributed by atoms with van der Waals surface area (Å²) in [6.45, 7) is 4.38. The SMILES string of the molecule is CC1CN2c3cc(-c4ccc(Cl)cc4)ccc3CC3(C(=O)NC(=O)NC3=O)C2C(C)O1. The highest BCUT2D eigenvalue weighted by molar-refractivity contribution is 6.30. The normalized spacial score (nSPS) is 26.7. The summed E-state index contributed by atoms with van der Waals surface area (Å²) in [6.07, 6.45) is -0.275. The number of halogens is 1. The fourth-order valence-corrected chi connectivity index (χ4v) is 5.37. The summed E-state index contributed by atoms with van der Waals surface area (Å²) in [6, 6.07) is 12.3. The second kappa shape index (κ2) is 7.07. The Balaban J connectivity index is 1.66. The van der Waals surface area contributed by atoms with Gasteiger partial charge in [-0.05, 0) is 55.2 Å². The number of imide groups is 2. The lowest BCUT2D eigenvalue weighted by Crippen LogP contribution is -2.75. The molecule has 160 valence electrons. The molecule has 0 bridgehead atoms.